The molecule has 0 spiro atoms. The van der Waals surface area contributed by atoms with E-state index < -0.39 is 11.7 Å². The number of phenols is 1. The molecular weight excluding hydrogens is 259 g/mol. The molecule has 1 N–H and O–H groups in total. The van der Waals surface area contributed by atoms with Gasteiger partial charge in [-0.05, 0) is 36.4 Å². The number of phenolic OH excluding ortho intramolecular Hbond substituents is 1. The van der Waals surface area contributed by atoms with Crippen molar-refractivity contribution in [3.05, 3.63) is 59.4 Å². The Hall–Kier alpha value is -2.87. The molecule has 0 unspecified atom stereocenters. The molecule has 0 atom stereocenters. The number of amides is 1. The number of hydrogen-bond acceptors (Lipinski definition) is 3. The van der Waals surface area contributed by atoms with E-state index in [1.807, 2.05) is 6.07 Å². The molecule has 0 aliphatic rings. The Labute approximate surface area is 115 Å². The van der Waals surface area contributed by atoms with Crippen LogP contribution in [0.5, 0.6) is 5.75 Å². The van der Waals surface area contributed by atoms with Crippen molar-refractivity contribution >= 4 is 11.6 Å². The van der Waals surface area contributed by atoms with Crippen molar-refractivity contribution in [3.8, 4) is 11.8 Å². The van der Waals surface area contributed by atoms with Crippen molar-refractivity contribution in [1.29, 1.82) is 5.26 Å². The van der Waals surface area contributed by atoms with Gasteiger partial charge in [-0.2, -0.15) is 5.26 Å². The first-order valence-electron chi connectivity index (χ1n) is 5.79. The summed E-state index contributed by atoms with van der Waals surface area (Å²) >= 11 is 0. The van der Waals surface area contributed by atoms with Gasteiger partial charge in [0.05, 0.1) is 17.2 Å². The molecule has 2 rings (SSSR count). The molecule has 0 saturated heterocycles. The third-order valence-corrected chi connectivity index (χ3v) is 2.87. The second kappa shape index (κ2) is 5.41. The lowest BCUT2D eigenvalue weighted by atomic mass is 10.1. The predicted molar refractivity (Wildman–Crippen MR) is 72.0 cm³/mol. The highest BCUT2D eigenvalue weighted by Crippen LogP contribution is 2.20. The quantitative estimate of drug-likeness (QED) is 0.912. The zero-order chi connectivity index (χ0) is 14.7. The minimum Gasteiger partial charge on any atom is -0.508 e. The molecule has 0 aliphatic heterocycles. The number of carbonyl (C=O) groups is 1. The molecule has 1 amide bonds. The van der Waals surface area contributed by atoms with Crippen LogP contribution >= 0.6 is 0 Å². The SMILES string of the molecule is CN(C(=O)c1ccc(O)cc1F)c1ccc(C#N)cc1. The van der Waals surface area contributed by atoms with E-state index in [1.165, 1.54) is 24.1 Å². The largest absolute Gasteiger partial charge is 0.508 e. The average Bonchev–Trinajstić information content (AvgIpc) is 2.46. The van der Waals surface area contributed by atoms with Crippen molar-refractivity contribution in [2.24, 2.45) is 0 Å². The van der Waals surface area contributed by atoms with Crippen molar-refractivity contribution < 1.29 is 14.3 Å². The molecule has 0 fully saturated rings. The minimum absolute atomic E-state index is 0.130. The van der Waals surface area contributed by atoms with Gasteiger partial charge in [0.25, 0.3) is 5.91 Å². The minimum atomic E-state index is -0.782. The summed E-state index contributed by atoms with van der Waals surface area (Å²) in [6.07, 6.45) is 0. The summed E-state index contributed by atoms with van der Waals surface area (Å²) < 4.78 is 13.6. The normalized spacial score (nSPS) is 9.85. The van der Waals surface area contributed by atoms with Crippen LogP contribution in [0.25, 0.3) is 0 Å². The van der Waals surface area contributed by atoms with Crippen LogP contribution in [-0.2, 0) is 0 Å². The highest BCUT2D eigenvalue weighted by molar-refractivity contribution is 6.06. The Morgan fingerprint density at radius 1 is 1.25 bits per heavy atom. The molecule has 5 heteroatoms. The fourth-order valence-corrected chi connectivity index (χ4v) is 1.73. The molecule has 0 radical (unpaired) electrons. The molecule has 0 heterocycles. The molecule has 2 aromatic rings. The molecule has 0 saturated carbocycles. The van der Waals surface area contributed by atoms with E-state index in [9.17, 15) is 9.18 Å². The number of halogens is 1. The standard InChI is InChI=1S/C15H11FN2O2/c1-18(11-4-2-10(9-17)3-5-11)15(20)13-7-6-12(19)8-14(13)16/h2-8,19H,1H3. The number of nitriles is 1. The topological polar surface area (TPSA) is 64.3 Å². The van der Waals surface area contributed by atoms with Crippen LogP contribution in [0.1, 0.15) is 15.9 Å². The van der Waals surface area contributed by atoms with Gasteiger partial charge >= 0.3 is 0 Å². The first kappa shape index (κ1) is 13.6. The Morgan fingerprint density at radius 3 is 2.45 bits per heavy atom. The number of anilines is 1. The van der Waals surface area contributed by atoms with E-state index in [-0.39, 0.29) is 11.3 Å². The zero-order valence-corrected chi connectivity index (χ0v) is 10.7. The Kier molecular flexibility index (Phi) is 3.67. The number of benzene rings is 2. The summed E-state index contributed by atoms with van der Waals surface area (Å²) in [5, 5.41) is 17.8. The molecule has 0 aliphatic carbocycles. The first-order chi connectivity index (χ1) is 9.52. The number of carbonyl (C=O) groups excluding carboxylic acids is 1. The molecule has 0 bridgehead atoms. The third kappa shape index (κ3) is 2.59. The number of nitrogens with zero attached hydrogens (tertiary/aromatic N) is 2. The van der Waals surface area contributed by atoms with Gasteiger partial charge in [0.1, 0.15) is 11.6 Å². The van der Waals surface area contributed by atoms with Crippen LogP contribution in [0.15, 0.2) is 42.5 Å². The summed E-state index contributed by atoms with van der Waals surface area (Å²) in [4.78, 5) is 13.4. The van der Waals surface area contributed by atoms with Crippen molar-refractivity contribution in [3.63, 3.8) is 0 Å². The molecule has 4 nitrogen and oxygen atoms in total. The van der Waals surface area contributed by atoms with Gasteiger partial charge in [-0.15, -0.1) is 0 Å². The second-order valence-corrected chi connectivity index (χ2v) is 4.19. The van der Waals surface area contributed by atoms with Gasteiger partial charge in [-0.25, -0.2) is 4.39 Å². The predicted octanol–water partition coefficient (Wildman–Crippen LogP) is 2.68. The van der Waals surface area contributed by atoms with Gasteiger partial charge < -0.3 is 10.0 Å². The Morgan fingerprint density at radius 2 is 1.90 bits per heavy atom. The van der Waals surface area contributed by atoms with E-state index >= 15 is 0 Å². The molecule has 20 heavy (non-hydrogen) atoms. The van der Waals surface area contributed by atoms with Crippen LogP contribution in [0.2, 0.25) is 0 Å². The van der Waals surface area contributed by atoms with Crippen molar-refractivity contribution in [1.82, 2.24) is 0 Å². The smallest absolute Gasteiger partial charge is 0.260 e. The van der Waals surface area contributed by atoms with Crippen LogP contribution in [0.4, 0.5) is 10.1 Å². The monoisotopic (exact) mass is 270 g/mol. The molecular formula is C15H11FN2O2. The Balaban J connectivity index is 2.30. The van der Waals surface area contributed by atoms with E-state index in [4.69, 9.17) is 10.4 Å². The van der Waals surface area contributed by atoms with E-state index in [2.05, 4.69) is 0 Å². The maximum Gasteiger partial charge on any atom is 0.260 e. The lowest BCUT2D eigenvalue weighted by molar-refractivity contribution is 0.0989. The zero-order valence-electron chi connectivity index (χ0n) is 10.7. The summed E-state index contributed by atoms with van der Waals surface area (Å²) in [7, 11) is 1.51. The molecule has 100 valence electrons. The molecule has 2 aromatic carbocycles. The summed E-state index contributed by atoms with van der Waals surface area (Å²) in [5.74, 6) is -1.55. The number of rotatable bonds is 2. The maximum absolute atomic E-state index is 13.6. The van der Waals surface area contributed by atoms with Gasteiger partial charge in [-0.1, -0.05) is 0 Å². The highest BCUT2D eigenvalue weighted by atomic mass is 19.1. The average molecular weight is 270 g/mol. The fraction of sp³-hybridized carbons (Fsp3) is 0.0667. The van der Waals surface area contributed by atoms with Crippen LogP contribution in [0, 0.1) is 17.1 Å². The first-order valence-corrected chi connectivity index (χ1v) is 5.79. The van der Waals surface area contributed by atoms with Gasteiger partial charge in [0.15, 0.2) is 0 Å². The van der Waals surface area contributed by atoms with Crippen molar-refractivity contribution in [2.75, 3.05) is 11.9 Å². The van der Waals surface area contributed by atoms with Crippen LogP contribution in [0.3, 0.4) is 0 Å². The summed E-state index contributed by atoms with van der Waals surface area (Å²) in [6.45, 7) is 0. The van der Waals surface area contributed by atoms with Gasteiger partial charge in [-0.3, -0.25) is 4.79 Å². The fourth-order valence-electron chi connectivity index (χ4n) is 1.73. The number of hydrogen-bond donors (Lipinski definition) is 1. The van der Waals surface area contributed by atoms with Gasteiger partial charge in [0.2, 0.25) is 0 Å². The number of aromatic hydroxyl groups is 1. The van der Waals surface area contributed by atoms with E-state index in [0.29, 0.717) is 11.3 Å². The van der Waals surface area contributed by atoms with Crippen molar-refractivity contribution in [2.45, 2.75) is 0 Å². The summed E-state index contributed by atoms with van der Waals surface area (Å²) in [5.41, 5.74) is 0.890. The van der Waals surface area contributed by atoms with Crippen LogP contribution in [-0.4, -0.2) is 18.1 Å². The Bertz CT molecular complexity index is 690. The van der Waals surface area contributed by atoms with E-state index in [1.54, 1.807) is 24.3 Å². The lowest BCUT2D eigenvalue weighted by Crippen LogP contribution is -2.27. The maximum atomic E-state index is 13.6. The van der Waals surface area contributed by atoms with Crippen LogP contribution < -0.4 is 4.90 Å². The second-order valence-electron chi connectivity index (χ2n) is 4.19. The molecule has 0 aromatic heterocycles. The lowest BCUT2D eigenvalue weighted by Gasteiger charge is -2.17. The third-order valence-electron chi connectivity index (χ3n) is 2.87. The van der Waals surface area contributed by atoms with Gasteiger partial charge in [0, 0.05) is 18.8 Å². The van der Waals surface area contributed by atoms with E-state index in [0.717, 1.165) is 6.07 Å². The summed E-state index contributed by atoms with van der Waals surface area (Å²) in [6, 6.07) is 11.7. The highest BCUT2D eigenvalue weighted by Gasteiger charge is 2.17.